The van der Waals surface area contributed by atoms with Gasteiger partial charge in [0.2, 0.25) is 0 Å². The zero-order valence-electron chi connectivity index (χ0n) is 10.4. The Hall–Kier alpha value is -2.32. The smallest absolute Gasteiger partial charge is 0.405 e. The quantitative estimate of drug-likeness (QED) is 0.666. The molecular formula is C11H11F3N2O4. The second kappa shape index (κ2) is 6.22. The maximum Gasteiger partial charge on any atom is 0.405 e. The van der Waals surface area contributed by atoms with Gasteiger partial charge in [-0.25, -0.2) is 0 Å². The standard InChI is InChI=1S/C11H11F3N2O4/c1-2-20-9-4-3-7(5-8(9)16(18)19)10(17)15-6-11(12,13)14/h3-5H,2,6H2,1H3,(H,15,17). The second-order valence-electron chi connectivity index (χ2n) is 3.67. The number of hydrogen-bond donors (Lipinski definition) is 1. The fraction of sp³-hybridized carbons (Fsp3) is 0.364. The second-order valence-corrected chi connectivity index (χ2v) is 3.67. The number of nitrogens with one attached hydrogen (secondary N) is 1. The average molecular weight is 292 g/mol. The molecule has 0 saturated carbocycles. The molecule has 0 atom stereocenters. The zero-order valence-corrected chi connectivity index (χ0v) is 10.4. The lowest BCUT2D eigenvalue weighted by Gasteiger charge is -2.09. The molecule has 6 nitrogen and oxygen atoms in total. The van der Waals surface area contributed by atoms with Gasteiger partial charge < -0.3 is 10.1 Å². The van der Waals surface area contributed by atoms with Gasteiger partial charge in [-0.2, -0.15) is 13.2 Å². The summed E-state index contributed by atoms with van der Waals surface area (Å²) in [6, 6.07) is 3.20. The molecule has 20 heavy (non-hydrogen) atoms. The molecule has 1 rings (SSSR count). The minimum atomic E-state index is -4.55. The van der Waals surface area contributed by atoms with E-state index in [0.29, 0.717) is 0 Å². The van der Waals surface area contributed by atoms with Crippen LogP contribution in [0.5, 0.6) is 5.75 Å². The highest BCUT2D eigenvalue weighted by molar-refractivity contribution is 5.95. The summed E-state index contributed by atoms with van der Waals surface area (Å²) < 4.78 is 40.9. The van der Waals surface area contributed by atoms with E-state index >= 15 is 0 Å². The van der Waals surface area contributed by atoms with Crippen LogP contribution in [0.2, 0.25) is 0 Å². The van der Waals surface area contributed by atoms with Crippen molar-refractivity contribution in [2.24, 2.45) is 0 Å². The van der Waals surface area contributed by atoms with Crippen molar-refractivity contribution >= 4 is 11.6 Å². The summed E-state index contributed by atoms with van der Waals surface area (Å²) in [5, 5.41) is 12.4. The molecule has 0 spiro atoms. The Morgan fingerprint density at radius 2 is 2.10 bits per heavy atom. The number of amides is 1. The largest absolute Gasteiger partial charge is 0.487 e. The molecule has 0 aromatic heterocycles. The summed E-state index contributed by atoms with van der Waals surface area (Å²) in [5.41, 5.74) is -0.726. The number of halogens is 3. The number of nitro groups is 1. The number of nitro benzene ring substituents is 1. The van der Waals surface area contributed by atoms with Crippen molar-refractivity contribution in [3.8, 4) is 5.75 Å². The fourth-order valence-corrected chi connectivity index (χ4v) is 1.36. The zero-order chi connectivity index (χ0) is 15.3. The van der Waals surface area contributed by atoms with Gasteiger partial charge in [-0.3, -0.25) is 14.9 Å². The Labute approximate surface area is 111 Å². The van der Waals surface area contributed by atoms with Crippen molar-refractivity contribution in [3.63, 3.8) is 0 Å². The predicted molar refractivity (Wildman–Crippen MR) is 62.7 cm³/mol. The van der Waals surface area contributed by atoms with Gasteiger partial charge in [-0.1, -0.05) is 0 Å². The Morgan fingerprint density at radius 1 is 1.45 bits per heavy atom. The molecule has 0 saturated heterocycles. The van der Waals surface area contributed by atoms with Crippen LogP contribution in [0.25, 0.3) is 0 Å². The lowest BCUT2D eigenvalue weighted by Crippen LogP contribution is -2.33. The normalized spacial score (nSPS) is 11.0. The molecule has 0 aliphatic rings. The third-order valence-corrected chi connectivity index (χ3v) is 2.17. The van der Waals surface area contributed by atoms with Gasteiger partial charge in [-0.15, -0.1) is 0 Å². The van der Waals surface area contributed by atoms with Gasteiger partial charge in [0.25, 0.3) is 5.91 Å². The van der Waals surface area contributed by atoms with Gasteiger partial charge in [0, 0.05) is 11.6 Å². The van der Waals surface area contributed by atoms with Crippen molar-refractivity contribution in [1.82, 2.24) is 5.32 Å². The van der Waals surface area contributed by atoms with Crippen molar-refractivity contribution in [1.29, 1.82) is 0 Å². The monoisotopic (exact) mass is 292 g/mol. The molecule has 1 amide bonds. The van der Waals surface area contributed by atoms with Crippen molar-refractivity contribution in [2.45, 2.75) is 13.1 Å². The van der Waals surface area contributed by atoms with Crippen LogP contribution in [0.3, 0.4) is 0 Å². The topological polar surface area (TPSA) is 81.5 Å². The van der Waals surface area contributed by atoms with Crippen LogP contribution in [0.4, 0.5) is 18.9 Å². The highest BCUT2D eigenvalue weighted by Crippen LogP contribution is 2.28. The number of benzene rings is 1. The maximum atomic E-state index is 12.0. The maximum absolute atomic E-state index is 12.0. The van der Waals surface area contributed by atoms with E-state index in [1.54, 1.807) is 12.2 Å². The first-order chi connectivity index (χ1) is 9.24. The number of alkyl halides is 3. The van der Waals surface area contributed by atoms with E-state index in [-0.39, 0.29) is 17.9 Å². The number of carbonyl (C=O) groups is 1. The summed E-state index contributed by atoms with van der Waals surface area (Å²) in [7, 11) is 0. The minimum absolute atomic E-state index is 0.0510. The molecule has 110 valence electrons. The number of hydrogen-bond acceptors (Lipinski definition) is 4. The summed E-state index contributed by atoms with van der Waals surface area (Å²) in [5.74, 6) is -1.10. The van der Waals surface area contributed by atoms with E-state index in [0.717, 1.165) is 12.1 Å². The lowest BCUT2D eigenvalue weighted by atomic mass is 10.1. The number of carbonyl (C=O) groups excluding carboxylic acids is 1. The van der Waals surface area contributed by atoms with Crippen LogP contribution in [0.15, 0.2) is 18.2 Å². The molecule has 0 aliphatic heterocycles. The Bertz CT molecular complexity index is 517. The average Bonchev–Trinajstić information content (AvgIpc) is 2.35. The Morgan fingerprint density at radius 3 is 2.60 bits per heavy atom. The highest BCUT2D eigenvalue weighted by Gasteiger charge is 2.28. The molecule has 1 aromatic rings. The van der Waals surface area contributed by atoms with Gasteiger partial charge in [-0.05, 0) is 19.1 Å². The third kappa shape index (κ3) is 4.41. The minimum Gasteiger partial charge on any atom is -0.487 e. The molecule has 0 heterocycles. The third-order valence-electron chi connectivity index (χ3n) is 2.17. The highest BCUT2D eigenvalue weighted by atomic mass is 19.4. The predicted octanol–water partition coefficient (Wildman–Crippen LogP) is 2.29. The summed E-state index contributed by atoms with van der Waals surface area (Å²) in [6.07, 6.45) is -4.55. The van der Waals surface area contributed by atoms with E-state index in [2.05, 4.69) is 0 Å². The van der Waals surface area contributed by atoms with Gasteiger partial charge in [0.1, 0.15) is 6.54 Å². The van der Waals surface area contributed by atoms with Crippen LogP contribution in [-0.2, 0) is 0 Å². The molecule has 0 radical (unpaired) electrons. The van der Waals surface area contributed by atoms with E-state index in [4.69, 9.17) is 4.74 Å². The van der Waals surface area contributed by atoms with Gasteiger partial charge in [0.05, 0.1) is 11.5 Å². The SMILES string of the molecule is CCOc1ccc(C(=O)NCC(F)(F)F)cc1[N+](=O)[O-]. The van der Waals surface area contributed by atoms with Crippen molar-refractivity contribution in [2.75, 3.05) is 13.2 Å². The summed E-state index contributed by atoms with van der Waals surface area (Å²) in [6.45, 7) is 0.293. The Balaban J connectivity index is 2.94. The summed E-state index contributed by atoms with van der Waals surface area (Å²) in [4.78, 5) is 21.5. The molecule has 9 heteroatoms. The molecular weight excluding hydrogens is 281 g/mol. The fourth-order valence-electron chi connectivity index (χ4n) is 1.36. The molecule has 1 aromatic carbocycles. The lowest BCUT2D eigenvalue weighted by molar-refractivity contribution is -0.385. The number of ether oxygens (including phenoxy) is 1. The molecule has 0 fully saturated rings. The van der Waals surface area contributed by atoms with E-state index in [1.165, 1.54) is 6.07 Å². The van der Waals surface area contributed by atoms with Crippen LogP contribution in [0.1, 0.15) is 17.3 Å². The molecule has 0 unspecified atom stereocenters. The molecule has 0 aliphatic carbocycles. The van der Waals surface area contributed by atoms with Crippen LogP contribution in [-0.4, -0.2) is 30.2 Å². The van der Waals surface area contributed by atoms with E-state index < -0.39 is 29.2 Å². The number of nitrogens with zero attached hydrogens (tertiary/aromatic N) is 1. The van der Waals surface area contributed by atoms with Gasteiger partial charge >= 0.3 is 11.9 Å². The van der Waals surface area contributed by atoms with E-state index in [1.807, 2.05) is 0 Å². The first-order valence-corrected chi connectivity index (χ1v) is 5.50. The molecule has 0 bridgehead atoms. The Kier molecular flexibility index (Phi) is 4.89. The number of rotatable bonds is 5. The van der Waals surface area contributed by atoms with Gasteiger partial charge in [0.15, 0.2) is 5.75 Å². The van der Waals surface area contributed by atoms with E-state index in [9.17, 15) is 28.1 Å². The van der Waals surface area contributed by atoms with Crippen LogP contribution in [0, 0.1) is 10.1 Å². The van der Waals surface area contributed by atoms with Crippen LogP contribution >= 0.6 is 0 Å². The van der Waals surface area contributed by atoms with Crippen molar-refractivity contribution < 1.29 is 27.6 Å². The van der Waals surface area contributed by atoms with Crippen LogP contribution < -0.4 is 10.1 Å². The molecule has 1 N–H and O–H groups in total. The first kappa shape index (κ1) is 15.7. The van der Waals surface area contributed by atoms with Crippen molar-refractivity contribution in [3.05, 3.63) is 33.9 Å². The first-order valence-electron chi connectivity index (χ1n) is 5.50. The summed E-state index contributed by atoms with van der Waals surface area (Å²) >= 11 is 0.